The van der Waals surface area contributed by atoms with Gasteiger partial charge in [0.25, 0.3) is 0 Å². The number of nitrogens with zero attached hydrogens (tertiary/aromatic N) is 3. The number of hydrogen-bond acceptors (Lipinski definition) is 2. The quantitative estimate of drug-likeness (QED) is 0.703. The first-order valence-electron chi connectivity index (χ1n) is 7.68. The predicted molar refractivity (Wildman–Crippen MR) is 86.9 cm³/mol. The van der Waals surface area contributed by atoms with Crippen LogP contribution in [0, 0.1) is 13.8 Å². The Hall–Kier alpha value is -2.30. The summed E-state index contributed by atoms with van der Waals surface area (Å²) in [5.74, 6) is 0. The lowest BCUT2D eigenvalue weighted by molar-refractivity contribution is 0.132. The number of alkyl halides is 2. The molecule has 3 aromatic rings. The average Bonchev–Trinajstić information content (AvgIpc) is 2.93. The van der Waals surface area contributed by atoms with Crippen molar-refractivity contribution < 1.29 is 8.78 Å². The standard InChI is InChI=1S/C18H19F2N3/c1-12-3-7-21-13(2)15(12)11-16-14-5-9-23(10-6-18(19)20)17(14)4-8-22-16/h3-5,7-9,18H,6,10-11H2,1-2H3. The van der Waals surface area contributed by atoms with Crippen LogP contribution in [0.3, 0.4) is 0 Å². The molecule has 0 aliphatic heterocycles. The molecule has 0 bridgehead atoms. The highest BCUT2D eigenvalue weighted by atomic mass is 19.3. The molecular formula is C18H19F2N3. The molecule has 3 nitrogen and oxygen atoms in total. The second-order valence-corrected chi connectivity index (χ2v) is 5.75. The number of hydrogen-bond donors (Lipinski definition) is 0. The van der Waals surface area contributed by atoms with Crippen molar-refractivity contribution in [3.8, 4) is 0 Å². The van der Waals surface area contributed by atoms with Gasteiger partial charge < -0.3 is 4.57 Å². The molecule has 23 heavy (non-hydrogen) atoms. The third-order valence-electron chi connectivity index (χ3n) is 4.22. The summed E-state index contributed by atoms with van der Waals surface area (Å²) in [6, 6.07) is 5.84. The van der Waals surface area contributed by atoms with Crippen LogP contribution in [0.1, 0.15) is 28.9 Å². The topological polar surface area (TPSA) is 30.7 Å². The van der Waals surface area contributed by atoms with E-state index in [1.165, 1.54) is 11.1 Å². The van der Waals surface area contributed by atoms with Gasteiger partial charge >= 0.3 is 0 Å². The van der Waals surface area contributed by atoms with E-state index in [2.05, 4.69) is 16.9 Å². The van der Waals surface area contributed by atoms with Gasteiger partial charge in [-0.3, -0.25) is 9.97 Å². The number of aromatic nitrogens is 3. The Kier molecular flexibility index (Phi) is 4.37. The van der Waals surface area contributed by atoms with E-state index in [0.717, 1.165) is 22.3 Å². The van der Waals surface area contributed by atoms with Crippen molar-refractivity contribution in [1.29, 1.82) is 0 Å². The minimum atomic E-state index is -2.28. The molecule has 0 aliphatic carbocycles. The Bertz CT molecular complexity index is 804. The molecular weight excluding hydrogens is 296 g/mol. The molecule has 0 spiro atoms. The maximum Gasteiger partial charge on any atom is 0.240 e. The zero-order valence-corrected chi connectivity index (χ0v) is 13.3. The van der Waals surface area contributed by atoms with Gasteiger partial charge in [0.1, 0.15) is 0 Å². The molecule has 3 rings (SSSR count). The maximum absolute atomic E-state index is 12.4. The fraction of sp³-hybridized carbons (Fsp3) is 0.333. The normalized spacial score (nSPS) is 11.5. The fourth-order valence-electron chi connectivity index (χ4n) is 2.91. The first-order chi connectivity index (χ1) is 11.1. The van der Waals surface area contributed by atoms with E-state index in [9.17, 15) is 8.78 Å². The molecule has 0 aliphatic rings. The molecule has 0 aromatic carbocycles. The van der Waals surface area contributed by atoms with Gasteiger partial charge in [-0.25, -0.2) is 8.78 Å². The Balaban J connectivity index is 1.96. The highest BCUT2D eigenvalue weighted by Crippen LogP contribution is 2.23. The van der Waals surface area contributed by atoms with Crippen molar-refractivity contribution in [1.82, 2.24) is 14.5 Å². The summed E-state index contributed by atoms with van der Waals surface area (Å²) < 4.78 is 26.8. The first-order valence-corrected chi connectivity index (χ1v) is 7.68. The van der Waals surface area contributed by atoms with Crippen molar-refractivity contribution in [3.63, 3.8) is 0 Å². The van der Waals surface area contributed by atoms with Crippen LogP contribution in [0.4, 0.5) is 8.78 Å². The minimum Gasteiger partial charge on any atom is -0.347 e. The smallest absolute Gasteiger partial charge is 0.240 e. The van der Waals surface area contributed by atoms with Crippen LogP contribution in [0.15, 0.2) is 36.8 Å². The molecule has 3 heterocycles. The zero-order chi connectivity index (χ0) is 16.4. The molecule has 0 saturated heterocycles. The van der Waals surface area contributed by atoms with Crippen molar-refractivity contribution >= 4 is 10.9 Å². The van der Waals surface area contributed by atoms with Gasteiger partial charge in [0.15, 0.2) is 0 Å². The lowest BCUT2D eigenvalue weighted by Crippen LogP contribution is -2.03. The molecule has 0 atom stereocenters. The Labute approximate surface area is 134 Å². The Morgan fingerprint density at radius 1 is 1.09 bits per heavy atom. The van der Waals surface area contributed by atoms with E-state index in [-0.39, 0.29) is 6.42 Å². The SMILES string of the molecule is Cc1ccnc(C)c1Cc1nccc2c1ccn2CCC(F)F. The molecule has 0 amide bonds. The zero-order valence-electron chi connectivity index (χ0n) is 13.3. The maximum atomic E-state index is 12.4. The van der Waals surface area contributed by atoms with Crippen LogP contribution in [-0.2, 0) is 13.0 Å². The van der Waals surface area contributed by atoms with Crippen LogP contribution in [0.25, 0.3) is 10.9 Å². The van der Waals surface area contributed by atoms with Gasteiger partial charge in [-0.1, -0.05) is 0 Å². The van der Waals surface area contributed by atoms with Gasteiger partial charge in [-0.2, -0.15) is 0 Å². The highest BCUT2D eigenvalue weighted by molar-refractivity contribution is 5.82. The average molecular weight is 315 g/mol. The van der Waals surface area contributed by atoms with E-state index in [0.29, 0.717) is 13.0 Å². The Morgan fingerprint density at radius 2 is 1.87 bits per heavy atom. The second-order valence-electron chi connectivity index (χ2n) is 5.75. The summed E-state index contributed by atoms with van der Waals surface area (Å²) >= 11 is 0. The van der Waals surface area contributed by atoms with Gasteiger partial charge in [-0.05, 0) is 43.2 Å². The van der Waals surface area contributed by atoms with Crippen LogP contribution >= 0.6 is 0 Å². The molecule has 0 radical (unpaired) electrons. The number of rotatable bonds is 5. The molecule has 120 valence electrons. The van der Waals surface area contributed by atoms with Crippen LogP contribution < -0.4 is 0 Å². The molecule has 0 fully saturated rings. The predicted octanol–water partition coefficient (Wildman–Crippen LogP) is 4.29. The number of halogens is 2. The van der Waals surface area contributed by atoms with E-state index >= 15 is 0 Å². The van der Waals surface area contributed by atoms with Crippen molar-refractivity contribution in [3.05, 3.63) is 59.3 Å². The summed E-state index contributed by atoms with van der Waals surface area (Å²) in [6.07, 6.45) is 3.69. The van der Waals surface area contributed by atoms with Crippen molar-refractivity contribution in [2.75, 3.05) is 0 Å². The summed E-state index contributed by atoms with van der Waals surface area (Å²) in [4.78, 5) is 8.86. The fourth-order valence-corrected chi connectivity index (χ4v) is 2.91. The number of fused-ring (bicyclic) bond motifs is 1. The molecule has 3 aromatic heterocycles. The van der Waals surface area contributed by atoms with Crippen LogP contribution in [0.2, 0.25) is 0 Å². The summed E-state index contributed by atoms with van der Waals surface area (Å²) in [5.41, 5.74) is 5.27. The van der Waals surface area contributed by atoms with E-state index in [1.807, 2.05) is 42.1 Å². The molecule has 5 heteroatoms. The Morgan fingerprint density at radius 3 is 2.61 bits per heavy atom. The van der Waals surface area contributed by atoms with E-state index in [4.69, 9.17) is 0 Å². The van der Waals surface area contributed by atoms with Crippen LogP contribution in [0.5, 0.6) is 0 Å². The number of aryl methyl sites for hydroxylation is 3. The largest absolute Gasteiger partial charge is 0.347 e. The molecule has 0 unspecified atom stereocenters. The minimum absolute atomic E-state index is 0.137. The third-order valence-corrected chi connectivity index (χ3v) is 4.22. The van der Waals surface area contributed by atoms with Gasteiger partial charge in [-0.15, -0.1) is 0 Å². The lowest BCUT2D eigenvalue weighted by atomic mass is 10.0. The second kappa shape index (κ2) is 6.44. The van der Waals surface area contributed by atoms with E-state index < -0.39 is 6.43 Å². The third kappa shape index (κ3) is 3.23. The van der Waals surface area contributed by atoms with E-state index in [1.54, 1.807) is 6.20 Å². The van der Waals surface area contributed by atoms with Crippen LogP contribution in [-0.4, -0.2) is 21.0 Å². The lowest BCUT2D eigenvalue weighted by Gasteiger charge is -2.10. The molecule has 0 saturated carbocycles. The summed E-state index contributed by atoms with van der Waals surface area (Å²) in [6.45, 7) is 4.38. The highest BCUT2D eigenvalue weighted by Gasteiger charge is 2.12. The summed E-state index contributed by atoms with van der Waals surface area (Å²) in [5, 5.41) is 1.02. The summed E-state index contributed by atoms with van der Waals surface area (Å²) in [7, 11) is 0. The first kappa shape index (κ1) is 15.6. The van der Waals surface area contributed by atoms with Crippen molar-refractivity contribution in [2.45, 2.75) is 39.7 Å². The molecule has 0 N–H and O–H groups in total. The number of pyridine rings is 2. The van der Waals surface area contributed by atoms with Gasteiger partial charge in [0.05, 0.1) is 11.2 Å². The van der Waals surface area contributed by atoms with Gasteiger partial charge in [0, 0.05) is 49.1 Å². The monoisotopic (exact) mass is 315 g/mol. The van der Waals surface area contributed by atoms with Gasteiger partial charge in [0.2, 0.25) is 6.43 Å². The van der Waals surface area contributed by atoms with Crippen molar-refractivity contribution in [2.24, 2.45) is 0 Å².